The van der Waals surface area contributed by atoms with E-state index in [-0.39, 0.29) is 5.91 Å². The molecular weight excluding hydrogens is 204 g/mol. The molecule has 0 bridgehead atoms. The fraction of sp³-hybridized carbons (Fsp3) is 0.182. The summed E-state index contributed by atoms with van der Waals surface area (Å²) in [5, 5.41) is 10.2. The number of carbonyl (C=O) groups excluding carboxylic acids is 1. The van der Waals surface area contributed by atoms with Crippen LogP contribution in [-0.4, -0.2) is 20.9 Å². The molecule has 2 aromatic rings. The standard InChI is InChI=1S/C11H12N4O/c1-8-4-3-5-9(6-8)11(16)12-10-7-15(2)14-13-10/h3-7H,1-2H3,(H,12,16). The van der Waals surface area contributed by atoms with E-state index in [1.165, 1.54) is 4.68 Å². The van der Waals surface area contributed by atoms with Gasteiger partial charge < -0.3 is 5.32 Å². The first-order valence-corrected chi connectivity index (χ1v) is 4.89. The smallest absolute Gasteiger partial charge is 0.256 e. The minimum atomic E-state index is -0.177. The molecule has 1 aromatic carbocycles. The number of hydrogen-bond acceptors (Lipinski definition) is 3. The van der Waals surface area contributed by atoms with Crippen LogP contribution in [0.5, 0.6) is 0 Å². The molecule has 5 heteroatoms. The first-order valence-electron chi connectivity index (χ1n) is 4.89. The van der Waals surface area contributed by atoms with Crippen LogP contribution in [0.3, 0.4) is 0 Å². The van der Waals surface area contributed by atoms with Crippen molar-refractivity contribution in [3.8, 4) is 0 Å². The zero-order valence-corrected chi connectivity index (χ0v) is 9.14. The van der Waals surface area contributed by atoms with Crippen molar-refractivity contribution in [2.45, 2.75) is 6.92 Å². The Morgan fingerprint density at radius 1 is 1.44 bits per heavy atom. The normalized spacial score (nSPS) is 10.1. The predicted octanol–water partition coefficient (Wildman–Crippen LogP) is 1.38. The molecule has 0 unspecified atom stereocenters. The van der Waals surface area contributed by atoms with Crippen molar-refractivity contribution in [3.05, 3.63) is 41.6 Å². The molecule has 0 saturated heterocycles. The second kappa shape index (κ2) is 4.14. The Balaban J connectivity index is 2.14. The topological polar surface area (TPSA) is 59.8 Å². The molecule has 0 fully saturated rings. The van der Waals surface area contributed by atoms with Gasteiger partial charge in [0.2, 0.25) is 0 Å². The van der Waals surface area contributed by atoms with Gasteiger partial charge in [-0.25, -0.2) is 0 Å². The molecule has 1 heterocycles. The van der Waals surface area contributed by atoms with Gasteiger partial charge in [-0.2, -0.15) is 0 Å². The van der Waals surface area contributed by atoms with Crippen molar-refractivity contribution in [2.75, 3.05) is 5.32 Å². The maximum Gasteiger partial charge on any atom is 0.256 e. The van der Waals surface area contributed by atoms with Crippen LogP contribution in [0.2, 0.25) is 0 Å². The van der Waals surface area contributed by atoms with E-state index in [1.807, 2.05) is 25.1 Å². The summed E-state index contributed by atoms with van der Waals surface area (Å²) in [4.78, 5) is 11.8. The lowest BCUT2D eigenvalue weighted by Gasteiger charge is -2.01. The summed E-state index contributed by atoms with van der Waals surface area (Å²) in [6.07, 6.45) is 1.65. The van der Waals surface area contributed by atoms with Gasteiger partial charge in [0.05, 0.1) is 6.20 Å². The van der Waals surface area contributed by atoms with Crippen LogP contribution < -0.4 is 5.32 Å². The molecule has 0 radical (unpaired) electrons. The van der Waals surface area contributed by atoms with E-state index in [2.05, 4.69) is 15.6 Å². The molecule has 0 aliphatic rings. The molecule has 0 aliphatic carbocycles. The van der Waals surface area contributed by atoms with Crippen molar-refractivity contribution in [1.82, 2.24) is 15.0 Å². The number of nitrogens with zero attached hydrogens (tertiary/aromatic N) is 3. The van der Waals surface area contributed by atoms with Gasteiger partial charge in [0, 0.05) is 12.6 Å². The lowest BCUT2D eigenvalue weighted by atomic mass is 10.1. The van der Waals surface area contributed by atoms with Crippen LogP contribution in [0, 0.1) is 6.92 Å². The zero-order chi connectivity index (χ0) is 11.5. The van der Waals surface area contributed by atoms with Crippen LogP contribution in [0.25, 0.3) is 0 Å². The van der Waals surface area contributed by atoms with E-state index in [0.717, 1.165) is 5.56 Å². The molecule has 2 rings (SSSR count). The minimum Gasteiger partial charge on any atom is -0.304 e. The number of benzene rings is 1. The molecule has 1 N–H and O–H groups in total. The summed E-state index contributed by atoms with van der Waals surface area (Å²) in [7, 11) is 1.75. The molecule has 0 atom stereocenters. The van der Waals surface area contributed by atoms with Gasteiger partial charge >= 0.3 is 0 Å². The van der Waals surface area contributed by atoms with E-state index in [9.17, 15) is 4.79 Å². The quantitative estimate of drug-likeness (QED) is 0.824. The van der Waals surface area contributed by atoms with Crippen molar-refractivity contribution < 1.29 is 4.79 Å². The van der Waals surface area contributed by atoms with E-state index >= 15 is 0 Å². The lowest BCUT2D eigenvalue weighted by molar-refractivity contribution is 0.102. The van der Waals surface area contributed by atoms with Crippen LogP contribution in [0.1, 0.15) is 15.9 Å². The summed E-state index contributed by atoms with van der Waals surface area (Å²) in [6, 6.07) is 7.38. The number of aromatic nitrogens is 3. The number of anilines is 1. The van der Waals surface area contributed by atoms with Crippen molar-refractivity contribution in [2.24, 2.45) is 7.05 Å². The minimum absolute atomic E-state index is 0.177. The van der Waals surface area contributed by atoms with Crippen molar-refractivity contribution in [3.63, 3.8) is 0 Å². The second-order valence-electron chi connectivity index (χ2n) is 3.60. The molecule has 5 nitrogen and oxygen atoms in total. The molecule has 0 aliphatic heterocycles. The van der Waals surface area contributed by atoms with E-state index in [1.54, 1.807) is 19.3 Å². The third-order valence-corrected chi connectivity index (χ3v) is 2.12. The molecule has 0 saturated carbocycles. The molecule has 0 spiro atoms. The Morgan fingerprint density at radius 2 is 2.25 bits per heavy atom. The second-order valence-corrected chi connectivity index (χ2v) is 3.60. The highest BCUT2D eigenvalue weighted by atomic mass is 16.1. The molecule has 82 valence electrons. The Hall–Kier alpha value is -2.17. The largest absolute Gasteiger partial charge is 0.304 e. The summed E-state index contributed by atoms with van der Waals surface area (Å²) < 4.78 is 1.53. The van der Waals surface area contributed by atoms with Crippen molar-refractivity contribution >= 4 is 11.7 Å². The Bertz CT molecular complexity index is 518. The van der Waals surface area contributed by atoms with E-state index < -0.39 is 0 Å². The number of hydrogen-bond donors (Lipinski definition) is 1. The number of rotatable bonds is 2. The average Bonchev–Trinajstić information content (AvgIpc) is 2.64. The van der Waals surface area contributed by atoms with Gasteiger partial charge in [-0.3, -0.25) is 9.48 Å². The van der Waals surface area contributed by atoms with Gasteiger partial charge in [-0.1, -0.05) is 22.9 Å². The van der Waals surface area contributed by atoms with E-state index in [4.69, 9.17) is 0 Å². The van der Waals surface area contributed by atoms with Gasteiger partial charge in [0.25, 0.3) is 5.91 Å². The first-order chi connectivity index (χ1) is 7.65. The number of aryl methyl sites for hydroxylation is 2. The third-order valence-electron chi connectivity index (χ3n) is 2.12. The van der Waals surface area contributed by atoms with Gasteiger partial charge in [-0.05, 0) is 19.1 Å². The Labute approximate surface area is 93.1 Å². The van der Waals surface area contributed by atoms with Crippen LogP contribution >= 0.6 is 0 Å². The monoisotopic (exact) mass is 216 g/mol. The lowest BCUT2D eigenvalue weighted by Crippen LogP contribution is -2.12. The fourth-order valence-corrected chi connectivity index (χ4v) is 1.38. The highest BCUT2D eigenvalue weighted by Gasteiger charge is 2.07. The van der Waals surface area contributed by atoms with Crippen LogP contribution in [-0.2, 0) is 7.05 Å². The van der Waals surface area contributed by atoms with Crippen LogP contribution in [0.4, 0.5) is 5.82 Å². The van der Waals surface area contributed by atoms with E-state index in [0.29, 0.717) is 11.4 Å². The van der Waals surface area contributed by atoms with Gasteiger partial charge in [0.1, 0.15) is 0 Å². The maximum absolute atomic E-state index is 11.8. The highest BCUT2D eigenvalue weighted by Crippen LogP contribution is 2.07. The van der Waals surface area contributed by atoms with Gasteiger partial charge in [-0.15, -0.1) is 5.10 Å². The van der Waals surface area contributed by atoms with Crippen LogP contribution in [0.15, 0.2) is 30.5 Å². The number of nitrogens with one attached hydrogen (secondary N) is 1. The number of carbonyl (C=O) groups is 1. The summed E-state index contributed by atoms with van der Waals surface area (Å²) in [5.41, 5.74) is 1.66. The zero-order valence-electron chi connectivity index (χ0n) is 9.14. The molecular formula is C11H12N4O. The predicted molar refractivity (Wildman–Crippen MR) is 60.1 cm³/mol. The Morgan fingerprint density at radius 3 is 2.88 bits per heavy atom. The third kappa shape index (κ3) is 2.25. The van der Waals surface area contributed by atoms with Gasteiger partial charge in [0.15, 0.2) is 5.82 Å². The summed E-state index contributed by atoms with van der Waals surface area (Å²) in [6.45, 7) is 1.94. The fourth-order valence-electron chi connectivity index (χ4n) is 1.38. The SMILES string of the molecule is Cc1cccc(C(=O)Nc2cn(C)nn2)c1. The summed E-state index contributed by atoms with van der Waals surface area (Å²) >= 11 is 0. The highest BCUT2D eigenvalue weighted by molar-refractivity contribution is 6.03. The average molecular weight is 216 g/mol. The molecule has 16 heavy (non-hydrogen) atoms. The van der Waals surface area contributed by atoms with Crippen molar-refractivity contribution in [1.29, 1.82) is 0 Å². The first kappa shape index (κ1) is 10.4. The molecule has 1 amide bonds. The number of amides is 1. The Kier molecular flexibility index (Phi) is 2.68. The maximum atomic E-state index is 11.8. The molecule has 1 aromatic heterocycles. The summed E-state index contributed by atoms with van der Waals surface area (Å²) in [5.74, 6) is 0.276.